The summed E-state index contributed by atoms with van der Waals surface area (Å²) in [5, 5.41) is 5.75. The lowest BCUT2D eigenvalue weighted by Gasteiger charge is -1.99. The van der Waals surface area contributed by atoms with Crippen molar-refractivity contribution in [2.75, 3.05) is 24.7 Å². The van der Waals surface area contributed by atoms with Crippen LogP contribution in [0, 0.1) is 0 Å². The van der Waals surface area contributed by atoms with Crippen molar-refractivity contribution in [3.05, 3.63) is 12.4 Å². The van der Waals surface area contributed by atoms with Gasteiger partial charge in [0, 0.05) is 14.1 Å². The molecule has 0 aliphatic carbocycles. The van der Waals surface area contributed by atoms with Crippen LogP contribution in [0.2, 0.25) is 0 Å². The minimum absolute atomic E-state index is 0.638. The number of hydrogen-bond donors (Lipinski definition) is 2. The van der Waals surface area contributed by atoms with Crippen molar-refractivity contribution in [3.63, 3.8) is 0 Å². The zero-order valence-electron chi connectivity index (χ0n) is 6.05. The smallest absolute Gasteiger partial charge is 0.222 e. The monoisotopic (exact) mass is 138 g/mol. The third kappa shape index (κ3) is 1.34. The van der Waals surface area contributed by atoms with E-state index in [1.807, 2.05) is 7.05 Å². The summed E-state index contributed by atoms with van der Waals surface area (Å²) in [5.41, 5.74) is 0.916. The summed E-state index contributed by atoms with van der Waals surface area (Å²) < 4.78 is 0. The van der Waals surface area contributed by atoms with Crippen molar-refractivity contribution in [2.24, 2.45) is 0 Å². The van der Waals surface area contributed by atoms with Gasteiger partial charge in [-0.3, -0.25) is 0 Å². The summed E-state index contributed by atoms with van der Waals surface area (Å²) in [7, 11) is 3.62. The molecule has 0 aliphatic heterocycles. The minimum Gasteiger partial charge on any atom is -0.386 e. The van der Waals surface area contributed by atoms with E-state index in [0.29, 0.717) is 5.95 Å². The highest BCUT2D eigenvalue weighted by molar-refractivity contribution is 5.39. The van der Waals surface area contributed by atoms with Gasteiger partial charge in [-0.25, -0.2) is 9.97 Å². The molecule has 1 heterocycles. The average Bonchev–Trinajstić information content (AvgIpc) is 2.05. The number of hydrogen-bond acceptors (Lipinski definition) is 4. The van der Waals surface area contributed by atoms with Gasteiger partial charge < -0.3 is 10.6 Å². The molecule has 0 fully saturated rings. The zero-order chi connectivity index (χ0) is 7.40. The van der Waals surface area contributed by atoms with Gasteiger partial charge in [-0.15, -0.1) is 0 Å². The maximum atomic E-state index is 3.98. The van der Waals surface area contributed by atoms with Crippen LogP contribution in [-0.4, -0.2) is 24.1 Å². The molecular formula is C6H10N4. The lowest BCUT2D eigenvalue weighted by atomic mass is 10.5. The molecule has 0 amide bonds. The fraction of sp³-hybridized carbons (Fsp3) is 0.333. The topological polar surface area (TPSA) is 49.8 Å². The summed E-state index contributed by atoms with van der Waals surface area (Å²) in [5.74, 6) is 0.638. The quantitative estimate of drug-likeness (QED) is 0.627. The molecule has 4 nitrogen and oxygen atoms in total. The number of rotatable bonds is 2. The molecule has 0 spiro atoms. The first-order valence-electron chi connectivity index (χ1n) is 3.04. The van der Waals surface area contributed by atoms with Crippen LogP contribution in [0.25, 0.3) is 0 Å². The highest BCUT2D eigenvalue weighted by Crippen LogP contribution is 2.02. The minimum atomic E-state index is 0.638. The van der Waals surface area contributed by atoms with Crippen molar-refractivity contribution >= 4 is 11.6 Å². The van der Waals surface area contributed by atoms with E-state index in [9.17, 15) is 0 Å². The number of nitrogens with one attached hydrogen (secondary N) is 2. The van der Waals surface area contributed by atoms with E-state index in [-0.39, 0.29) is 0 Å². The van der Waals surface area contributed by atoms with Gasteiger partial charge in [0.2, 0.25) is 5.95 Å². The molecular weight excluding hydrogens is 128 g/mol. The first kappa shape index (κ1) is 6.80. The second-order valence-electron chi connectivity index (χ2n) is 1.80. The molecule has 0 aromatic carbocycles. The summed E-state index contributed by atoms with van der Waals surface area (Å²) >= 11 is 0. The summed E-state index contributed by atoms with van der Waals surface area (Å²) in [6.45, 7) is 0. The van der Waals surface area contributed by atoms with E-state index in [1.54, 1.807) is 19.4 Å². The highest BCUT2D eigenvalue weighted by atomic mass is 15.1. The second-order valence-corrected chi connectivity index (χ2v) is 1.80. The average molecular weight is 138 g/mol. The zero-order valence-corrected chi connectivity index (χ0v) is 6.05. The standard InChI is InChI=1S/C6H10N4/c1-7-5-3-9-6(8-2)10-4-5/h3-4,7H,1-2H3,(H,8,9,10). The second kappa shape index (κ2) is 3.00. The molecule has 0 unspecified atom stereocenters. The van der Waals surface area contributed by atoms with Crippen LogP contribution in [0.5, 0.6) is 0 Å². The Bertz CT molecular complexity index is 170. The maximum absolute atomic E-state index is 3.98. The number of nitrogens with zero attached hydrogens (tertiary/aromatic N) is 2. The van der Waals surface area contributed by atoms with Gasteiger partial charge in [-0.05, 0) is 0 Å². The van der Waals surface area contributed by atoms with Gasteiger partial charge in [-0.2, -0.15) is 0 Å². The molecule has 0 bridgehead atoms. The maximum Gasteiger partial charge on any atom is 0.222 e. The van der Waals surface area contributed by atoms with Crippen molar-refractivity contribution in [2.45, 2.75) is 0 Å². The van der Waals surface area contributed by atoms with Crippen LogP contribution in [0.4, 0.5) is 11.6 Å². The van der Waals surface area contributed by atoms with Crippen LogP contribution < -0.4 is 10.6 Å². The molecule has 2 N–H and O–H groups in total. The summed E-state index contributed by atoms with van der Waals surface area (Å²) in [4.78, 5) is 7.97. The fourth-order valence-corrected chi connectivity index (χ4v) is 0.586. The molecule has 0 saturated carbocycles. The van der Waals surface area contributed by atoms with E-state index in [2.05, 4.69) is 20.6 Å². The Labute approximate surface area is 59.7 Å². The number of aromatic nitrogens is 2. The van der Waals surface area contributed by atoms with Crippen molar-refractivity contribution < 1.29 is 0 Å². The lowest BCUT2D eigenvalue weighted by molar-refractivity contribution is 1.15. The normalized spacial score (nSPS) is 9.00. The van der Waals surface area contributed by atoms with E-state index in [1.165, 1.54) is 0 Å². The largest absolute Gasteiger partial charge is 0.386 e. The molecule has 10 heavy (non-hydrogen) atoms. The predicted octanol–water partition coefficient (Wildman–Crippen LogP) is 0.560. The van der Waals surface area contributed by atoms with Gasteiger partial charge in [0.1, 0.15) is 0 Å². The lowest BCUT2D eigenvalue weighted by Crippen LogP contribution is -1.97. The Kier molecular flexibility index (Phi) is 2.04. The van der Waals surface area contributed by atoms with Gasteiger partial charge >= 0.3 is 0 Å². The molecule has 54 valence electrons. The molecule has 0 radical (unpaired) electrons. The molecule has 1 rings (SSSR count). The first-order chi connectivity index (χ1) is 4.86. The van der Waals surface area contributed by atoms with Crippen LogP contribution in [0.1, 0.15) is 0 Å². The Morgan fingerprint density at radius 3 is 2.10 bits per heavy atom. The summed E-state index contributed by atoms with van der Waals surface area (Å²) in [6.07, 6.45) is 3.44. The van der Waals surface area contributed by atoms with E-state index in [0.717, 1.165) is 5.69 Å². The molecule has 0 saturated heterocycles. The van der Waals surface area contributed by atoms with E-state index >= 15 is 0 Å². The van der Waals surface area contributed by atoms with E-state index in [4.69, 9.17) is 0 Å². The van der Waals surface area contributed by atoms with E-state index < -0.39 is 0 Å². The molecule has 0 aliphatic rings. The highest BCUT2D eigenvalue weighted by Gasteiger charge is 1.89. The molecule has 4 heteroatoms. The Morgan fingerprint density at radius 2 is 1.70 bits per heavy atom. The number of anilines is 2. The predicted molar refractivity (Wildman–Crippen MR) is 41.1 cm³/mol. The fourth-order valence-electron chi connectivity index (χ4n) is 0.586. The van der Waals surface area contributed by atoms with Crippen LogP contribution in [0.3, 0.4) is 0 Å². The Balaban J connectivity index is 2.80. The van der Waals surface area contributed by atoms with Crippen molar-refractivity contribution in [3.8, 4) is 0 Å². The third-order valence-corrected chi connectivity index (χ3v) is 1.16. The molecule has 1 aromatic heterocycles. The SMILES string of the molecule is CNc1cnc(NC)nc1. The van der Waals surface area contributed by atoms with Gasteiger partial charge in [-0.1, -0.05) is 0 Å². The van der Waals surface area contributed by atoms with Crippen LogP contribution in [0.15, 0.2) is 12.4 Å². The van der Waals surface area contributed by atoms with Gasteiger partial charge in [0.15, 0.2) is 0 Å². The molecule has 1 aromatic rings. The van der Waals surface area contributed by atoms with Gasteiger partial charge in [0.25, 0.3) is 0 Å². The Morgan fingerprint density at radius 1 is 1.10 bits per heavy atom. The van der Waals surface area contributed by atoms with Crippen molar-refractivity contribution in [1.29, 1.82) is 0 Å². The van der Waals surface area contributed by atoms with Crippen molar-refractivity contribution in [1.82, 2.24) is 9.97 Å². The van der Waals surface area contributed by atoms with Gasteiger partial charge in [0.05, 0.1) is 18.1 Å². The van der Waals surface area contributed by atoms with Crippen LogP contribution in [-0.2, 0) is 0 Å². The van der Waals surface area contributed by atoms with Crippen LogP contribution >= 0.6 is 0 Å². The Hall–Kier alpha value is -1.32. The summed E-state index contributed by atoms with van der Waals surface area (Å²) in [6, 6.07) is 0. The first-order valence-corrected chi connectivity index (χ1v) is 3.04. The molecule has 0 atom stereocenters. The third-order valence-electron chi connectivity index (χ3n) is 1.16.